The summed E-state index contributed by atoms with van der Waals surface area (Å²) in [4.78, 5) is 4.27. The van der Waals surface area contributed by atoms with E-state index >= 15 is 0 Å². The van der Waals surface area contributed by atoms with Crippen molar-refractivity contribution in [1.82, 2.24) is 14.9 Å². The quantitative estimate of drug-likeness (QED) is 0.773. The van der Waals surface area contributed by atoms with Crippen LogP contribution in [-0.4, -0.2) is 16.2 Å². The van der Waals surface area contributed by atoms with Gasteiger partial charge in [0.15, 0.2) is 0 Å². The van der Waals surface area contributed by atoms with E-state index in [0.29, 0.717) is 6.61 Å². The van der Waals surface area contributed by atoms with Crippen molar-refractivity contribution < 1.29 is 4.74 Å². The number of aryl methyl sites for hydroxylation is 1. The second-order valence-electron chi connectivity index (χ2n) is 4.27. The number of ether oxygens (including phenoxy) is 1. The lowest BCUT2D eigenvalue weighted by molar-refractivity contribution is 0.357. The molecule has 19 heavy (non-hydrogen) atoms. The van der Waals surface area contributed by atoms with Gasteiger partial charge in [0, 0.05) is 31.5 Å². The lowest BCUT2D eigenvalue weighted by Gasteiger charge is -2.11. The van der Waals surface area contributed by atoms with Crippen molar-refractivity contribution in [3.8, 4) is 5.75 Å². The first-order chi connectivity index (χ1) is 9.31. The van der Waals surface area contributed by atoms with Crippen molar-refractivity contribution in [3.63, 3.8) is 0 Å². The molecule has 0 atom stereocenters. The van der Waals surface area contributed by atoms with Gasteiger partial charge in [-0.15, -0.1) is 0 Å². The van der Waals surface area contributed by atoms with Crippen LogP contribution in [0, 0.1) is 0 Å². The molecule has 0 radical (unpaired) electrons. The SMILES string of the molecule is C=CCOc1ccccc1CNCc1nccn1C. The minimum atomic E-state index is 0.524. The van der Waals surface area contributed by atoms with Crippen molar-refractivity contribution in [2.75, 3.05) is 6.61 Å². The highest BCUT2D eigenvalue weighted by molar-refractivity contribution is 5.33. The van der Waals surface area contributed by atoms with E-state index in [2.05, 4.69) is 22.9 Å². The predicted octanol–water partition coefficient (Wildman–Crippen LogP) is 2.27. The molecule has 2 aromatic rings. The van der Waals surface area contributed by atoms with Gasteiger partial charge < -0.3 is 14.6 Å². The standard InChI is InChI=1S/C15H19N3O/c1-3-10-19-14-7-5-4-6-13(14)11-16-12-15-17-8-9-18(15)2/h3-9,16H,1,10-12H2,2H3. The Labute approximate surface area is 113 Å². The van der Waals surface area contributed by atoms with Crippen LogP contribution in [0.4, 0.5) is 0 Å². The Balaban J connectivity index is 1.92. The summed E-state index contributed by atoms with van der Waals surface area (Å²) in [6.45, 7) is 5.67. The molecule has 1 aromatic carbocycles. The summed E-state index contributed by atoms with van der Waals surface area (Å²) in [5.74, 6) is 1.92. The minimum absolute atomic E-state index is 0.524. The molecule has 100 valence electrons. The first kappa shape index (κ1) is 13.4. The molecule has 0 bridgehead atoms. The fourth-order valence-corrected chi connectivity index (χ4v) is 1.82. The second-order valence-corrected chi connectivity index (χ2v) is 4.27. The predicted molar refractivity (Wildman–Crippen MR) is 75.9 cm³/mol. The molecule has 2 rings (SSSR count). The number of nitrogens with zero attached hydrogens (tertiary/aromatic N) is 2. The zero-order valence-corrected chi connectivity index (χ0v) is 11.2. The Bertz CT molecular complexity index is 534. The summed E-state index contributed by atoms with van der Waals surface area (Å²) in [5.41, 5.74) is 1.14. The highest BCUT2D eigenvalue weighted by atomic mass is 16.5. The molecule has 0 aliphatic rings. The van der Waals surface area contributed by atoms with E-state index in [0.717, 1.165) is 30.2 Å². The average Bonchev–Trinajstić information content (AvgIpc) is 2.83. The third-order valence-corrected chi connectivity index (χ3v) is 2.85. The van der Waals surface area contributed by atoms with E-state index in [-0.39, 0.29) is 0 Å². The summed E-state index contributed by atoms with van der Waals surface area (Å²) in [6.07, 6.45) is 5.49. The number of hydrogen-bond donors (Lipinski definition) is 1. The molecule has 0 aliphatic carbocycles. The third-order valence-electron chi connectivity index (χ3n) is 2.85. The van der Waals surface area contributed by atoms with Gasteiger partial charge in [-0.05, 0) is 6.07 Å². The van der Waals surface area contributed by atoms with Crippen LogP contribution < -0.4 is 10.1 Å². The van der Waals surface area contributed by atoms with Gasteiger partial charge in [0.1, 0.15) is 18.2 Å². The van der Waals surface area contributed by atoms with Crippen molar-refractivity contribution in [2.24, 2.45) is 7.05 Å². The first-order valence-corrected chi connectivity index (χ1v) is 6.30. The van der Waals surface area contributed by atoms with Gasteiger partial charge in [0.2, 0.25) is 0 Å². The van der Waals surface area contributed by atoms with Gasteiger partial charge in [0.25, 0.3) is 0 Å². The summed E-state index contributed by atoms with van der Waals surface area (Å²) in [6, 6.07) is 8.02. The number of nitrogens with one attached hydrogen (secondary N) is 1. The van der Waals surface area contributed by atoms with Gasteiger partial charge >= 0.3 is 0 Å². The van der Waals surface area contributed by atoms with Crippen LogP contribution in [0.1, 0.15) is 11.4 Å². The van der Waals surface area contributed by atoms with Gasteiger partial charge in [-0.2, -0.15) is 0 Å². The molecule has 1 aromatic heterocycles. The van der Waals surface area contributed by atoms with Crippen molar-refractivity contribution in [3.05, 3.63) is 60.7 Å². The number of hydrogen-bond acceptors (Lipinski definition) is 3. The Hall–Kier alpha value is -2.07. The molecule has 0 saturated carbocycles. The maximum Gasteiger partial charge on any atom is 0.124 e. The van der Waals surface area contributed by atoms with Gasteiger partial charge in [-0.1, -0.05) is 30.9 Å². The first-order valence-electron chi connectivity index (χ1n) is 6.30. The molecule has 0 spiro atoms. The van der Waals surface area contributed by atoms with Gasteiger partial charge in [0.05, 0.1) is 6.54 Å². The summed E-state index contributed by atoms with van der Waals surface area (Å²) in [7, 11) is 1.99. The monoisotopic (exact) mass is 257 g/mol. The number of aromatic nitrogens is 2. The van der Waals surface area contributed by atoms with E-state index in [9.17, 15) is 0 Å². The lowest BCUT2D eigenvalue weighted by Crippen LogP contribution is -2.16. The van der Waals surface area contributed by atoms with Gasteiger partial charge in [-0.25, -0.2) is 4.98 Å². The molecular formula is C15H19N3O. The third kappa shape index (κ3) is 3.69. The lowest BCUT2D eigenvalue weighted by atomic mass is 10.2. The van der Waals surface area contributed by atoms with E-state index in [1.54, 1.807) is 12.3 Å². The smallest absolute Gasteiger partial charge is 0.124 e. The largest absolute Gasteiger partial charge is 0.489 e. The van der Waals surface area contributed by atoms with E-state index in [4.69, 9.17) is 4.74 Å². The van der Waals surface area contributed by atoms with Gasteiger partial charge in [-0.3, -0.25) is 0 Å². The van der Waals surface area contributed by atoms with Crippen LogP contribution in [0.2, 0.25) is 0 Å². The number of para-hydroxylation sites is 1. The Morgan fingerprint density at radius 3 is 2.95 bits per heavy atom. The van der Waals surface area contributed by atoms with Crippen molar-refractivity contribution in [2.45, 2.75) is 13.1 Å². The van der Waals surface area contributed by atoms with Crippen LogP contribution in [-0.2, 0) is 20.1 Å². The zero-order valence-electron chi connectivity index (χ0n) is 11.2. The molecule has 0 saturated heterocycles. The fraction of sp³-hybridized carbons (Fsp3) is 0.267. The van der Waals surface area contributed by atoms with Crippen LogP contribution in [0.15, 0.2) is 49.3 Å². The number of rotatable bonds is 7. The summed E-state index contributed by atoms with van der Waals surface area (Å²) >= 11 is 0. The molecule has 0 amide bonds. The molecule has 4 nitrogen and oxygen atoms in total. The van der Waals surface area contributed by atoms with Crippen molar-refractivity contribution in [1.29, 1.82) is 0 Å². The normalized spacial score (nSPS) is 10.4. The van der Waals surface area contributed by atoms with E-state index in [1.807, 2.05) is 36.0 Å². The Morgan fingerprint density at radius 1 is 1.37 bits per heavy atom. The molecule has 4 heteroatoms. The van der Waals surface area contributed by atoms with E-state index < -0.39 is 0 Å². The van der Waals surface area contributed by atoms with E-state index in [1.165, 1.54) is 0 Å². The maximum absolute atomic E-state index is 5.62. The highest BCUT2D eigenvalue weighted by Crippen LogP contribution is 2.17. The molecule has 0 unspecified atom stereocenters. The minimum Gasteiger partial charge on any atom is -0.489 e. The average molecular weight is 257 g/mol. The molecular weight excluding hydrogens is 238 g/mol. The molecule has 0 aliphatic heterocycles. The fourth-order valence-electron chi connectivity index (χ4n) is 1.82. The van der Waals surface area contributed by atoms with Crippen LogP contribution in [0.5, 0.6) is 5.75 Å². The maximum atomic E-state index is 5.62. The molecule has 0 fully saturated rings. The second kappa shape index (κ2) is 6.75. The summed E-state index contributed by atoms with van der Waals surface area (Å²) in [5, 5.41) is 3.37. The summed E-state index contributed by atoms with van der Waals surface area (Å²) < 4.78 is 7.63. The molecule has 1 N–H and O–H groups in total. The Morgan fingerprint density at radius 2 is 2.21 bits per heavy atom. The number of imidazole rings is 1. The topological polar surface area (TPSA) is 39.1 Å². The highest BCUT2D eigenvalue weighted by Gasteiger charge is 2.03. The number of benzene rings is 1. The van der Waals surface area contributed by atoms with Crippen molar-refractivity contribution >= 4 is 0 Å². The molecule has 1 heterocycles. The Kier molecular flexibility index (Phi) is 4.75. The zero-order chi connectivity index (χ0) is 13.5. The van der Waals surface area contributed by atoms with Crippen LogP contribution in [0.25, 0.3) is 0 Å². The van der Waals surface area contributed by atoms with Crippen LogP contribution in [0.3, 0.4) is 0 Å². The van der Waals surface area contributed by atoms with Crippen LogP contribution >= 0.6 is 0 Å².